The van der Waals surface area contributed by atoms with Crippen LogP contribution in [0.4, 0.5) is 10.5 Å². The molecule has 1 aromatic carbocycles. The summed E-state index contributed by atoms with van der Waals surface area (Å²) < 4.78 is 0. The number of amides is 3. The van der Waals surface area contributed by atoms with E-state index >= 15 is 0 Å². The van der Waals surface area contributed by atoms with Crippen LogP contribution < -0.4 is 16.0 Å². The number of primary amides is 1. The van der Waals surface area contributed by atoms with Gasteiger partial charge >= 0.3 is 6.03 Å². The van der Waals surface area contributed by atoms with E-state index in [0.717, 1.165) is 36.9 Å². The molecule has 0 bridgehead atoms. The summed E-state index contributed by atoms with van der Waals surface area (Å²) in [6.45, 7) is 6.91. The Balaban J connectivity index is 1.97. The van der Waals surface area contributed by atoms with Crippen LogP contribution in [0.15, 0.2) is 18.2 Å². The van der Waals surface area contributed by atoms with E-state index in [1.807, 2.05) is 23.1 Å². The minimum Gasteiger partial charge on any atom is -0.369 e. The second-order valence-corrected chi connectivity index (χ2v) is 5.92. The Morgan fingerprint density at radius 3 is 2.50 bits per heavy atom. The van der Waals surface area contributed by atoms with Crippen molar-refractivity contribution in [2.45, 2.75) is 19.9 Å². The van der Waals surface area contributed by atoms with Crippen LogP contribution in [0.5, 0.6) is 0 Å². The number of nitrogens with zero attached hydrogens (tertiary/aromatic N) is 2. The molecule has 0 saturated carbocycles. The lowest BCUT2D eigenvalue weighted by atomic mass is 10.1. The first-order valence-corrected chi connectivity index (χ1v) is 7.61. The molecule has 22 heavy (non-hydrogen) atoms. The van der Waals surface area contributed by atoms with Gasteiger partial charge < -0.3 is 10.6 Å². The first-order valence-electron chi connectivity index (χ1n) is 7.24. The second kappa shape index (κ2) is 6.98. The molecule has 0 aliphatic carbocycles. The van der Waals surface area contributed by atoms with E-state index < -0.39 is 6.03 Å². The molecule has 6 nitrogen and oxygen atoms in total. The van der Waals surface area contributed by atoms with E-state index in [-0.39, 0.29) is 11.9 Å². The summed E-state index contributed by atoms with van der Waals surface area (Å²) in [5.74, 6) is -0.361. The number of carbonyl (C=O) groups excluding carboxylic acids is 2. The third-order valence-electron chi connectivity index (χ3n) is 4.00. The highest BCUT2D eigenvalue weighted by molar-refractivity contribution is 6.30. The Bertz CT molecular complexity index is 571. The zero-order chi connectivity index (χ0) is 16.3. The van der Waals surface area contributed by atoms with E-state index in [0.29, 0.717) is 0 Å². The molecule has 1 atom stereocenters. The van der Waals surface area contributed by atoms with Crippen LogP contribution in [0.25, 0.3) is 0 Å². The van der Waals surface area contributed by atoms with Crippen molar-refractivity contribution in [2.75, 3.05) is 31.1 Å². The summed E-state index contributed by atoms with van der Waals surface area (Å²) in [7, 11) is 0. The maximum atomic E-state index is 11.8. The minimum absolute atomic E-state index is 0.361. The molecule has 0 unspecified atom stereocenters. The fourth-order valence-electron chi connectivity index (χ4n) is 2.67. The molecule has 1 aliphatic heterocycles. The van der Waals surface area contributed by atoms with Crippen molar-refractivity contribution in [2.24, 2.45) is 5.73 Å². The molecule has 0 spiro atoms. The Hall–Kier alpha value is -1.79. The van der Waals surface area contributed by atoms with Crippen LogP contribution in [0.3, 0.4) is 0 Å². The van der Waals surface area contributed by atoms with Crippen LogP contribution >= 0.6 is 11.6 Å². The van der Waals surface area contributed by atoms with Gasteiger partial charge in [0.15, 0.2) is 0 Å². The highest BCUT2D eigenvalue weighted by Crippen LogP contribution is 2.25. The van der Waals surface area contributed by atoms with Gasteiger partial charge in [0, 0.05) is 36.9 Å². The molecule has 7 heteroatoms. The summed E-state index contributed by atoms with van der Waals surface area (Å²) in [4.78, 5) is 26.9. The van der Waals surface area contributed by atoms with E-state index in [9.17, 15) is 9.59 Å². The van der Waals surface area contributed by atoms with E-state index in [4.69, 9.17) is 17.3 Å². The second-order valence-electron chi connectivity index (χ2n) is 5.48. The average Bonchev–Trinajstić information content (AvgIpc) is 2.48. The zero-order valence-electron chi connectivity index (χ0n) is 12.8. The highest BCUT2D eigenvalue weighted by atomic mass is 35.5. The van der Waals surface area contributed by atoms with Gasteiger partial charge in [0.1, 0.15) is 0 Å². The predicted octanol–water partition coefficient (Wildman–Crippen LogP) is 1.35. The van der Waals surface area contributed by atoms with Gasteiger partial charge in [-0.25, -0.2) is 4.79 Å². The number of urea groups is 1. The summed E-state index contributed by atoms with van der Waals surface area (Å²) in [6.07, 6.45) is 0. The number of imide groups is 1. The molecule has 1 aromatic rings. The van der Waals surface area contributed by atoms with Crippen LogP contribution in [0.1, 0.15) is 12.5 Å². The largest absolute Gasteiger partial charge is 0.369 e. The summed E-state index contributed by atoms with van der Waals surface area (Å²) >= 11 is 6.07. The number of piperazine rings is 1. The Morgan fingerprint density at radius 1 is 1.27 bits per heavy atom. The maximum absolute atomic E-state index is 11.8. The lowest BCUT2D eigenvalue weighted by Crippen LogP contribution is -2.55. The van der Waals surface area contributed by atoms with Gasteiger partial charge in [-0.05, 0) is 31.5 Å². The van der Waals surface area contributed by atoms with Gasteiger partial charge in [-0.1, -0.05) is 17.7 Å². The molecule has 1 aliphatic rings. The number of benzene rings is 1. The maximum Gasteiger partial charge on any atom is 0.318 e. The normalized spacial score (nSPS) is 17.1. The minimum atomic E-state index is -0.815. The van der Waals surface area contributed by atoms with Crippen molar-refractivity contribution in [3.8, 4) is 0 Å². The van der Waals surface area contributed by atoms with Gasteiger partial charge in [-0.3, -0.25) is 15.0 Å². The van der Waals surface area contributed by atoms with Crippen LogP contribution in [-0.2, 0) is 4.79 Å². The van der Waals surface area contributed by atoms with Gasteiger partial charge in [0.25, 0.3) is 0 Å². The number of nitrogens with one attached hydrogen (secondary N) is 1. The predicted molar refractivity (Wildman–Crippen MR) is 87.2 cm³/mol. The van der Waals surface area contributed by atoms with Crippen molar-refractivity contribution < 1.29 is 9.59 Å². The van der Waals surface area contributed by atoms with Crippen LogP contribution in [0, 0.1) is 6.92 Å². The number of carbonyl (C=O) groups is 2. The number of rotatable bonds is 3. The van der Waals surface area contributed by atoms with Crippen LogP contribution in [-0.4, -0.2) is 49.1 Å². The van der Waals surface area contributed by atoms with E-state index in [1.165, 1.54) is 5.56 Å². The average molecular weight is 325 g/mol. The van der Waals surface area contributed by atoms with Gasteiger partial charge in [-0.2, -0.15) is 0 Å². The Kier molecular flexibility index (Phi) is 5.26. The van der Waals surface area contributed by atoms with Gasteiger partial charge in [-0.15, -0.1) is 0 Å². The fourth-order valence-corrected chi connectivity index (χ4v) is 2.83. The molecule has 0 aromatic heterocycles. The number of aryl methyl sites for hydroxylation is 1. The van der Waals surface area contributed by atoms with Gasteiger partial charge in [0.2, 0.25) is 5.91 Å². The molecule has 3 N–H and O–H groups in total. The van der Waals surface area contributed by atoms with E-state index in [1.54, 1.807) is 6.92 Å². The SMILES string of the molecule is Cc1ccc(Cl)cc1N1CCN([C@@H](C)C(=O)NC(N)=O)CC1. The monoisotopic (exact) mass is 324 g/mol. The molecule has 1 fully saturated rings. The number of hydrogen-bond donors (Lipinski definition) is 2. The molecular formula is C15H21ClN4O2. The Morgan fingerprint density at radius 2 is 1.91 bits per heavy atom. The van der Waals surface area contributed by atoms with Crippen molar-refractivity contribution in [1.29, 1.82) is 0 Å². The first kappa shape index (κ1) is 16.6. The number of halogens is 1. The highest BCUT2D eigenvalue weighted by Gasteiger charge is 2.26. The first-order chi connectivity index (χ1) is 10.4. The lowest BCUT2D eigenvalue weighted by Gasteiger charge is -2.39. The molecule has 1 heterocycles. The van der Waals surface area contributed by atoms with Crippen molar-refractivity contribution >= 4 is 29.2 Å². The number of hydrogen-bond acceptors (Lipinski definition) is 4. The molecule has 120 valence electrons. The fraction of sp³-hybridized carbons (Fsp3) is 0.467. The lowest BCUT2D eigenvalue weighted by molar-refractivity contribution is -0.124. The van der Waals surface area contributed by atoms with Crippen molar-refractivity contribution in [1.82, 2.24) is 10.2 Å². The number of anilines is 1. The Labute approximate surface area is 135 Å². The summed E-state index contributed by atoms with van der Waals surface area (Å²) in [5.41, 5.74) is 7.28. The number of nitrogens with two attached hydrogens (primary N) is 1. The topological polar surface area (TPSA) is 78.7 Å². The summed E-state index contributed by atoms with van der Waals surface area (Å²) in [5, 5.41) is 2.85. The molecule has 0 radical (unpaired) electrons. The van der Waals surface area contributed by atoms with Crippen LogP contribution in [0.2, 0.25) is 5.02 Å². The molecule has 3 amide bonds. The molecule has 2 rings (SSSR count). The summed E-state index contributed by atoms with van der Waals surface area (Å²) in [6, 6.07) is 4.66. The van der Waals surface area contributed by atoms with Crippen molar-refractivity contribution in [3.05, 3.63) is 28.8 Å². The molecular weight excluding hydrogens is 304 g/mol. The standard InChI is InChI=1S/C15H21ClN4O2/c1-10-3-4-12(16)9-13(10)20-7-5-19(6-8-20)11(2)14(21)18-15(17)22/h3-4,9,11H,5-8H2,1-2H3,(H3,17,18,21,22)/t11-/m0/s1. The zero-order valence-corrected chi connectivity index (χ0v) is 13.6. The van der Waals surface area contributed by atoms with E-state index in [2.05, 4.69) is 17.1 Å². The smallest absolute Gasteiger partial charge is 0.318 e. The molecule has 1 saturated heterocycles. The van der Waals surface area contributed by atoms with Gasteiger partial charge in [0.05, 0.1) is 6.04 Å². The van der Waals surface area contributed by atoms with Crippen molar-refractivity contribution in [3.63, 3.8) is 0 Å². The quantitative estimate of drug-likeness (QED) is 0.880. The third-order valence-corrected chi connectivity index (χ3v) is 4.23. The third kappa shape index (κ3) is 3.90.